The second-order valence-corrected chi connectivity index (χ2v) is 5.48. The molecule has 5 nitrogen and oxygen atoms in total. The van der Waals surface area contributed by atoms with Gasteiger partial charge in [0.15, 0.2) is 0 Å². The Bertz CT molecular complexity index is 470. The Hall–Kier alpha value is -1.62. The second-order valence-electron chi connectivity index (χ2n) is 5.48. The third-order valence-corrected chi connectivity index (χ3v) is 3.40. The summed E-state index contributed by atoms with van der Waals surface area (Å²) < 4.78 is 5.77. The maximum Gasteiger partial charge on any atom is 0.323 e. The summed E-state index contributed by atoms with van der Waals surface area (Å²) in [6, 6.07) is 3.77. The molecule has 1 fully saturated rings. The molecule has 1 aromatic heterocycles. The van der Waals surface area contributed by atoms with E-state index in [1.165, 1.54) is 0 Å². The highest BCUT2D eigenvalue weighted by molar-refractivity contribution is 5.88. The lowest BCUT2D eigenvalue weighted by molar-refractivity contribution is -0.0632. The molecule has 1 aromatic rings. The van der Waals surface area contributed by atoms with E-state index in [0.29, 0.717) is 18.9 Å². The average molecular weight is 277 g/mol. The molecular formula is C15H23N3O2. The van der Waals surface area contributed by atoms with Gasteiger partial charge in [-0.05, 0) is 44.9 Å². The number of nitrogens with zero attached hydrogens (tertiary/aromatic N) is 2. The molecule has 110 valence electrons. The maximum atomic E-state index is 12.3. The lowest BCUT2D eigenvalue weighted by Gasteiger charge is -2.36. The first-order valence-electron chi connectivity index (χ1n) is 7.14. The molecule has 1 aliphatic heterocycles. The van der Waals surface area contributed by atoms with E-state index in [4.69, 9.17) is 4.74 Å². The van der Waals surface area contributed by atoms with Crippen molar-refractivity contribution in [2.75, 3.05) is 18.4 Å². The first-order valence-corrected chi connectivity index (χ1v) is 7.14. The molecule has 1 saturated heterocycles. The summed E-state index contributed by atoms with van der Waals surface area (Å²) in [5, 5.41) is 2.88. The number of amides is 2. The van der Waals surface area contributed by atoms with Gasteiger partial charge in [-0.15, -0.1) is 0 Å². The zero-order chi connectivity index (χ0) is 14.7. The number of carbonyl (C=O) groups is 1. The lowest BCUT2D eigenvalue weighted by Crippen LogP contribution is -2.50. The van der Waals surface area contributed by atoms with Gasteiger partial charge in [0.1, 0.15) is 5.82 Å². The van der Waals surface area contributed by atoms with E-state index in [2.05, 4.69) is 17.2 Å². The van der Waals surface area contributed by atoms with Crippen LogP contribution in [0.15, 0.2) is 12.1 Å². The Morgan fingerprint density at radius 1 is 1.45 bits per heavy atom. The molecule has 2 atom stereocenters. The topological polar surface area (TPSA) is 54.5 Å². The molecule has 0 bridgehead atoms. The first-order chi connectivity index (χ1) is 9.47. The van der Waals surface area contributed by atoms with Crippen LogP contribution < -0.4 is 5.32 Å². The van der Waals surface area contributed by atoms with Gasteiger partial charge in [0.05, 0.1) is 12.2 Å². The summed E-state index contributed by atoms with van der Waals surface area (Å²) >= 11 is 0. The van der Waals surface area contributed by atoms with E-state index in [1.807, 2.05) is 37.8 Å². The summed E-state index contributed by atoms with van der Waals surface area (Å²) in [7, 11) is 0. The van der Waals surface area contributed by atoms with E-state index in [0.717, 1.165) is 17.7 Å². The number of nitrogens with one attached hydrogen (secondary N) is 1. The molecule has 1 aliphatic rings. The smallest absolute Gasteiger partial charge is 0.323 e. The predicted octanol–water partition coefficient (Wildman–Crippen LogP) is 2.73. The maximum absolute atomic E-state index is 12.3. The van der Waals surface area contributed by atoms with Crippen molar-refractivity contribution in [3.8, 4) is 0 Å². The highest BCUT2D eigenvalue weighted by Gasteiger charge is 2.27. The fraction of sp³-hybridized carbons (Fsp3) is 0.600. The van der Waals surface area contributed by atoms with Gasteiger partial charge in [-0.3, -0.25) is 5.32 Å². The van der Waals surface area contributed by atoms with Gasteiger partial charge < -0.3 is 9.64 Å². The zero-order valence-corrected chi connectivity index (χ0v) is 12.6. The van der Waals surface area contributed by atoms with Crippen LogP contribution in [0.25, 0.3) is 0 Å². The molecule has 2 amide bonds. The first kappa shape index (κ1) is 14.8. The van der Waals surface area contributed by atoms with E-state index >= 15 is 0 Å². The van der Waals surface area contributed by atoms with Gasteiger partial charge in [-0.1, -0.05) is 6.92 Å². The summed E-state index contributed by atoms with van der Waals surface area (Å²) in [5.41, 5.74) is 2.00. The molecule has 0 saturated carbocycles. The number of carbonyl (C=O) groups excluding carboxylic acids is 1. The van der Waals surface area contributed by atoms with Crippen molar-refractivity contribution in [3.63, 3.8) is 0 Å². The number of rotatable bonds is 2. The largest absolute Gasteiger partial charge is 0.372 e. The zero-order valence-electron chi connectivity index (χ0n) is 12.6. The van der Waals surface area contributed by atoms with Crippen LogP contribution in [-0.2, 0) is 4.74 Å². The van der Waals surface area contributed by atoms with Crippen molar-refractivity contribution in [1.82, 2.24) is 9.88 Å². The van der Waals surface area contributed by atoms with E-state index in [1.54, 1.807) is 0 Å². The van der Waals surface area contributed by atoms with Gasteiger partial charge in [-0.2, -0.15) is 0 Å². The van der Waals surface area contributed by atoms with Gasteiger partial charge in [0.2, 0.25) is 0 Å². The molecule has 1 N–H and O–H groups in total. The predicted molar refractivity (Wildman–Crippen MR) is 78.9 cm³/mol. The quantitative estimate of drug-likeness (QED) is 0.904. The normalized spacial score (nSPS) is 22.7. The summed E-state index contributed by atoms with van der Waals surface area (Å²) in [4.78, 5) is 18.5. The van der Waals surface area contributed by atoms with Gasteiger partial charge in [0.25, 0.3) is 0 Å². The number of aryl methyl sites for hydroxylation is 2. The SMILES string of the molecule is CC[C@H]1CN(C(=O)Nc2cc(C)cc(C)n2)C[C@H](C)O1. The van der Waals surface area contributed by atoms with Crippen LogP contribution in [-0.4, -0.2) is 41.2 Å². The fourth-order valence-corrected chi connectivity index (χ4v) is 2.53. The van der Waals surface area contributed by atoms with Gasteiger partial charge in [-0.25, -0.2) is 9.78 Å². The van der Waals surface area contributed by atoms with Crippen LogP contribution in [0, 0.1) is 13.8 Å². The Kier molecular flexibility index (Phi) is 4.60. The van der Waals surface area contributed by atoms with Crippen LogP contribution in [0.2, 0.25) is 0 Å². The van der Waals surface area contributed by atoms with Crippen molar-refractivity contribution in [2.45, 2.75) is 46.3 Å². The van der Waals surface area contributed by atoms with Crippen LogP contribution in [0.3, 0.4) is 0 Å². The van der Waals surface area contributed by atoms with E-state index in [-0.39, 0.29) is 18.2 Å². The Morgan fingerprint density at radius 2 is 2.20 bits per heavy atom. The highest BCUT2D eigenvalue weighted by Crippen LogP contribution is 2.15. The Labute approximate surface area is 120 Å². The van der Waals surface area contributed by atoms with Crippen LogP contribution in [0.1, 0.15) is 31.5 Å². The number of aromatic nitrogens is 1. The molecule has 2 heterocycles. The van der Waals surface area contributed by atoms with Crippen LogP contribution in [0.4, 0.5) is 10.6 Å². The molecule has 2 rings (SSSR count). The number of hydrogen-bond acceptors (Lipinski definition) is 3. The monoisotopic (exact) mass is 277 g/mol. The molecular weight excluding hydrogens is 254 g/mol. The summed E-state index contributed by atoms with van der Waals surface area (Å²) in [5.74, 6) is 0.611. The highest BCUT2D eigenvalue weighted by atomic mass is 16.5. The standard InChI is InChI=1S/C15H23N3O2/c1-5-13-9-18(8-12(4)20-13)15(19)17-14-7-10(2)6-11(3)16-14/h6-7,12-13H,5,8-9H2,1-4H3,(H,16,17,19)/t12-,13-/m0/s1. The minimum atomic E-state index is -0.101. The van der Waals surface area contributed by atoms with Crippen molar-refractivity contribution in [2.24, 2.45) is 0 Å². The van der Waals surface area contributed by atoms with E-state index < -0.39 is 0 Å². The third kappa shape index (κ3) is 3.70. The van der Waals surface area contributed by atoms with Crippen LogP contribution >= 0.6 is 0 Å². The molecule has 20 heavy (non-hydrogen) atoms. The lowest BCUT2D eigenvalue weighted by atomic mass is 10.2. The van der Waals surface area contributed by atoms with Gasteiger partial charge >= 0.3 is 6.03 Å². The number of morpholine rings is 1. The molecule has 0 aromatic carbocycles. The minimum Gasteiger partial charge on any atom is -0.372 e. The van der Waals surface area contributed by atoms with Crippen molar-refractivity contribution in [1.29, 1.82) is 0 Å². The summed E-state index contributed by atoms with van der Waals surface area (Å²) in [6.07, 6.45) is 1.11. The minimum absolute atomic E-state index is 0.0756. The van der Waals surface area contributed by atoms with Crippen molar-refractivity contribution < 1.29 is 9.53 Å². The molecule has 0 spiro atoms. The Morgan fingerprint density at radius 3 is 2.85 bits per heavy atom. The molecule has 0 aliphatic carbocycles. The molecule has 0 radical (unpaired) electrons. The third-order valence-electron chi connectivity index (χ3n) is 3.40. The average Bonchev–Trinajstić information content (AvgIpc) is 2.36. The molecule has 0 unspecified atom stereocenters. The van der Waals surface area contributed by atoms with Crippen molar-refractivity contribution in [3.05, 3.63) is 23.4 Å². The number of urea groups is 1. The number of ether oxygens (including phenoxy) is 1. The van der Waals surface area contributed by atoms with Crippen molar-refractivity contribution >= 4 is 11.8 Å². The Balaban J connectivity index is 2.03. The van der Waals surface area contributed by atoms with Crippen LogP contribution in [0.5, 0.6) is 0 Å². The van der Waals surface area contributed by atoms with Gasteiger partial charge in [0, 0.05) is 18.8 Å². The number of pyridine rings is 1. The number of anilines is 1. The second kappa shape index (κ2) is 6.22. The molecule has 5 heteroatoms. The fourth-order valence-electron chi connectivity index (χ4n) is 2.53. The van der Waals surface area contributed by atoms with E-state index in [9.17, 15) is 4.79 Å². The number of hydrogen-bond donors (Lipinski definition) is 1. The summed E-state index contributed by atoms with van der Waals surface area (Å²) in [6.45, 7) is 9.24.